The van der Waals surface area contributed by atoms with Crippen LogP contribution in [0.2, 0.25) is 0 Å². The lowest BCUT2D eigenvalue weighted by atomic mass is 9.86. The SMILES string of the molecule is CCNC(=NCc1ccccc1CC)NCCS(=O)(=O)NCC1CCC1. The van der Waals surface area contributed by atoms with Crippen molar-refractivity contribution in [1.29, 1.82) is 0 Å². The van der Waals surface area contributed by atoms with Crippen LogP contribution in [0.4, 0.5) is 0 Å². The molecule has 0 saturated heterocycles. The molecular weight excluding hydrogens is 348 g/mol. The van der Waals surface area contributed by atoms with Gasteiger partial charge in [-0.1, -0.05) is 37.6 Å². The standard InChI is InChI=1S/C19H32N4O2S/c1-3-17-10-5-6-11-18(17)15-22-19(20-4-2)21-12-13-26(24,25)23-14-16-8-7-9-16/h5-6,10-11,16,23H,3-4,7-9,12-15H2,1-2H3,(H2,20,21,22). The van der Waals surface area contributed by atoms with E-state index < -0.39 is 10.0 Å². The zero-order valence-corrected chi connectivity index (χ0v) is 16.7. The molecule has 0 bridgehead atoms. The Morgan fingerprint density at radius 3 is 2.50 bits per heavy atom. The average molecular weight is 381 g/mol. The van der Waals surface area contributed by atoms with Crippen LogP contribution in [0, 0.1) is 5.92 Å². The average Bonchev–Trinajstić information content (AvgIpc) is 2.58. The van der Waals surface area contributed by atoms with Gasteiger partial charge in [0, 0.05) is 19.6 Å². The molecule has 0 aromatic heterocycles. The van der Waals surface area contributed by atoms with Gasteiger partial charge in [0.1, 0.15) is 0 Å². The van der Waals surface area contributed by atoms with Crippen molar-refractivity contribution in [3.8, 4) is 0 Å². The summed E-state index contributed by atoms with van der Waals surface area (Å²) in [5.41, 5.74) is 2.48. The highest BCUT2D eigenvalue weighted by atomic mass is 32.2. The molecule has 1 aromatic rings. The second kappa shape index (κ2) is 10.5. The van der Waals surface area contributed by atoms with E-state index in [2.05, 4.69) is 39.4 Å². The van der Waals surface area contributed by atoms with Gasteiger partial charge in [-0.3, -0.25) is 0 Å². The van der Waals surface area contributed by atoms with Gasteiger partial charge in [-0.2, -0.15) is 0 Å². The maximum Gasteiger partial charge on any atom is 0.213 e. The lowest BCUT2D eigenvalue weighted by Crippen LogP contribution is -2.42. The number of benzene rings is 1. The second-order valence-electron chi connectivity index (χ2n) is 6.71. The fourth-order valence-electron chi connectivity index (χ4n) is 2.88. The smallest absolute Gasteiger partial charge is 0.213 e. The van der Waals surface area contributed by atoms with Gasteiger partial charge in [0.2, 0.25) is 10.0 Å². The molecule has 0 unspecified atom stereocenters. The van der Waals surface area contributed by atoms with Crippen molar-refractivity contribution in [2.24, 2.45) is 10.9 Å². The molecule has 1 aliphatic rings. The van der Waals surface area contributed by atoms with Crippen LogP contribution in [-0.4, -0.2) is 39.8 Å². The van der Waals surface area contributed by atoms with Gasteiger partial charge in [0.05, 0.1) is 12.3 Å². The molecule has 3 N–H and O–H groups in total. The number of guanidine groups is 1. The molecule has 0 atom stereocenters. The highest BCUT2D eigenvalue weighted by Crippen LogP contribution is 2.25. The Bertz CT molecular complexity index is 685. The Kier molecular flexibility index (Phi) is 8.38. The third kappa shape index (κ3) is 6.96. The van der Waals surface area contributed by atoms with Crippen LogP contribution in [-0.2, 0) is 23.0 Å². The number of hydrogen-bond acceptors (Lipinski definition) is 3. The van der Waals surface area contributed by atoms with Crippen LogP contribution in [0.15, 0.2) is 29.3 Å². The molecule has 1 aliphatic carbocycles. The number of nitrogens with zero attached hydrogens (tertiary/aromatic N) is 1. The second-order valence-corrected chi connectivity index (χ2v) is 8.63. The molecule has 0 amide bonds. The van der Waals surface area contributed by atoms with E-state index in [1.807, 2.05) is 19.1 Å². The molecule has 2 rings (SSSR count). The zero-order chi connectivity index (χ0) is 18.8. The van der Waals surface area contributed by atoms with Gasteiger partial charge in [0.25, 0.3) is 0 Å². The first-order valence-corrected chi connectivity index (χ1v) is 11.3. The number of hydrogen-bond donors (Lipinski definition) is 3. The largest absolute Gasteiger partial charge is 0.357 e. The van der Waals surface area contributed by atoms with Crippen molar-refractivity contribution in [1.82, 2.24) is 15.4 Å². The van der Waals surface area contributed by atoms with Crippen molar-refractivity contribution in [2.45, 2.75) is 46.1 Å². The number of aliphatic imine (C=N–C) groups is 1. The fraction of sp³-hybridized carbons (Fsp3) is 0.632. The van der Waals surface area contributed by atoms with Crippen molar-refractivity contribution in [3.05, 3.63) is 35.4 Å². The fourth-order valence-corrected chi connectivity index (χ4v) is 3.89. The van der Waals surface area contributed by atoms with Gasteiger partial charge >= 0.3 is 0 Å². The Hall–Kier alpha value is -1.60. The third-order valence-corrected chi connectivity index (χ3v) is 6.08. The van der Waals surface area contributed by atoms with Gasteiger partial charge in [-0.15, -0.1) is 0 Å². The molecule has 0 heterocycles. The van der Waals surface area contributed by atoms with Crippen LogP contribution < -0.4 is 15.4 Å². The van der Waals surface area contributed by atoms with Gasteiger partial charge in [0.15, 0.2) is 5.96 Å². The monoisotopic (exact) mass is 380 g/mol. The summed E-state index contributed by atoms with van der Waals surface area (Å²) in [6.45, 7) is 6.34. The molecule has 7 heteroatoms. The third-order valence-electron chi connectivity index (χ3n) is 4.73. The summed E-state index contributed by atoms with van der Waals surface area (Å²) < 4.78 is 26.8. The highest BCUT2D eigenvalue weighted by Gasteiger charge is 2.20. The Morgan fingerprint density at radius 2 is 1.88 bits per heavy atom. The number of rotatable bonds is 10. The summed E-state index contributed by atoms with van der Waals surface area (Å²) in [5.74, 6) is 1.22. The van der Waals surface area contributed by atoms with Crippen LogP contribution in [0.1, 0.15) is 44.2 Å². The van der Waals surface area contributed by atoms with Crippen molar-refractivity contribution in [2.75, 3.05) is 25.4 Å². The summed E-state index contributed by atoms with van der Waals surface area (Å²) in [4.78, 5) is 4.59. The molecule has 1 fully saturated rings. The van der Waals surface area contributed by atoms with E-state index in [9.17, 15) is 8.42 Å². The molecule has 26 heavy (non-hydrogen) atoms. The molecule has 1 aromatic carbocycles. The van der Waals surface area contributed by atoms with Gasteiger partial charge in [-0.25, -0.2) is 18.1 Å². The van der Waals surface area contributed by atoms with E-state index in [1.165, 1.54) is 17.5 Å². The molecule has 1 saturated carbocycles. The van der Waals surface area contributed by atoms with E-state index in [1.54, 1.807) is 0 Å². The highest BCUT2D eigenvalue weighted by molar-refractivity contribution is 7.89. The number of sulfonamides is 1. The summed E-state index contributed by atoms with van der Waals surface area (Å²) in [7, 11) is -3.24. The predicted octanol–water partition coefficient (Wildman–Crippen LogP) is 2.02. The van der Waals surface area contributed by atoms with E-state index >= 15 is 0 Å². The Morgan fingerprint density at radius 1 is 1.15 bits per heavy atom. The lowest BCUT2D eigenvalue weighted by molar-refractivity contribution is 0.316. The zero-order valence-electron chi connectivity index (χ0n) is 15.9. The first-order chi connectivity index (χ1) is 12.5. The first-order valence-electron chi connectivity index (χ1n) is 9.60. The Labute approximate surface area is 157 Å². The van der Waals surface area contributed by atoms with Crippen molar-refractivity contribution < 1.29 is 8.42 Å². The normalized spacial score (nSPS) is 15.5. The van der Waals surface area contributed by atoms with Gasteiger partial charge < -0.3 is 10.6 Å². The molecule has 146 valence electrons. The van der Waals surface area contributed by atoms with Gasteiger partial charge in [-0.05, 0) is 43.2 Å². The molecule has 0 spiro atoms. The molecular formula is C19H32N4O2S. The lowest BCUT2D eigenvalue weighted by Gasteiger charge is -2.25. The topological polar surface area (TPSA) is 82.6 Å². The van der Waals surface area contributed by atoms with Crippen LogP contribution in [0.3, 0.4) is 0 Å². The summed E-state index contributed by atoms with van der Waals surface area (Å²) in [5, 5.41) is 6.29. The first kappa shape index (κ1) is 20.7. The minimum atomic E-state index is -3.24. The van der Waals surface area contributed by atoms with Crippen LogP contribution in [0.25, 0.3) is 0 Å². The minimum Gasteiger partial charge on any atom is -0.357 e. The maximum absolute atomic E-state index is 12.1. The van der Waals surface area contributed by atoms with Crippen molar-refractivity contribution >= 4 is 16.0 Å². The number of aryl methyl sites for hydroxylation is 1. The summed E-state index contributed by atoms with van der Waals surface area (Å²) in [6.07, 6.45) is 4.46. The quantitative estimate of drug-likeness (QED) is 0.428. The van der Waals surface area contributed by atoms with Crippen LogP contribution in [0.5, 0.6) is 0 Å². The summed E-state index contributed by atoms with van der Waals surface area (Å²) >= 11 is 0. The van der Waals surface area contributed by atoms with Crippen molar-refractivity contribution in [3.63, 3.8) is 0 Å². The van der Waals surface area contributed by atoms with E-state index in [0.29, 0.717) is 31.5 Å². The Balaban J connectivity index is 1.82. The van der Waals surface area contributed by atoms with E-state index in [0.717, 1.165) is 25.8 Å². The summed E-state index contributed by atoms with van der Waals surface area (Å²) in [6, 6.07) is 8.26. The molecule has 0 aliphatic heterocycles. The van der Waals surface area contributed by atoms with E-state index in [-0.39, 0.29) is 5.75 Å². The predicted molar refractivity (Wildman–Crippen MR) is 108 cm³/mol. The number of nitrogens with one attached hydrogen (secondary N) is 3. The van der Waals surface area contributed by atoms with E-state index in [4.69, 9.17) is 0 Å². The minimum absolute atomic E-state index is 0.0513. The van der Waals surface area contributed by atoms with Crippen LogP contribution >= 0.6 is 0 Å². The molecule has 6 nitrogen and oxygen atoms in total. The molecule has 0 radical (unpaired) electrons. The maximum atomic E-state index is 12.1.